The first-order valence-corrected chi connectivity index (χ1v) is 6.18. The summed E-state index contributed by atoms with van der Waals surface area (Å²) in [7, 11) is 0. The summed E-state index contributed by atoms with van der Waals surface area (Å²) in [5.41, 5.74) is 2.40. The molecule has 0 aromatic heterocycles. The quantitative estimate of drug-likeness (QED) is 0.729. The molecule has 0 bridgehead atoms. The summed E-state index contributed by atoms with van der Waals surface area (Å²) in [6.45, 7) is 3.46. The van der Waals surface area contributed by atoms with E-state index in [2.05, 4.69) is 0 Å². The molecule has 0 saturated carbocycles. The topological polar surface area (TPSA) is 35.5 Å². The fourth-order valence-corrected chi connectivity index (χ4v) is 2.20. The highest BCUT2D eigenvalue weighted by Crippen LogP contribution is 2.39. The van der Waals surface area contributed by atoms with Gasteiger partial charge in [-0.1, -0.05) is 42.5 Å². The maximum atomic E-state index is 12.0. The predicted octanol–water partition coefficient (Wildman–Crippen LogP) is 3.64. The van der Waals surface area contributed by atoms with Gasteiger partial charge in [-0.05, 0) is 11.6 Å². The van der Waals surface area contributed by atoms with Crippen LogP contribution >= 0.6 is 0 Å². The van der Waals surface area contributed by atoms with E-state index >= 15 is 0 Å². The summed E-state index contributed by atoms with van der Waals surface area (Å²) < 4.78 is 11.1. The van der Waals surface area contributed by atoms with Crippen LogP contribution in [0.1, 0.15) is 24.2 Å². The van der Waals surface area contributed by atoms with Gasteiger partial charge in [0.25, 0.3) is 0 Å². The molecule has 0 spiro atoms. The van der Waals surface area contributed by atoms with E-state index in [0.29, 0.717) is 11.3 Å². The van der Waals surface area contributed by atoms with Crippen molar-refractivity contribution in [3.8, 4) is 16.9 Å². The van der Waals surface area contributed by atoms with Crippen LogP contribution in [-0.2, 0) is 4.74 Å². The van der Waals surface area contributed by atoms with Crippen molar-refractivity contribution in [3.05, 3.63) is 54.1 Å². The van der Waals surface area contributed by atoms with Crippen LogP contribution in [0.4, 0.5) is 0 Å². The van der Waals surface area contributed by atoms with E-state index in [-0.39, 0.29) is 5.97 Å². The number of carbonyl (C=O) groups excluding carboxylic acids is 1. The molecule has 0 amide bonds. The second-order valence-electron chi connectivity index (χ2n) is 4.94. The largest absolute Gasteiger partial charge is 0.451 e. The molecule has 0 aliphatic carbocycles. The first-order chi connectivity index (χ1) is 9.07. The van der Waals surface area contributed by atoms with Crippen LogP contribution in [0.25, 0.3) is 11.1 Å². The molecule has 2 aromatic carbocycles. The van der Waals surface area contributed by atoms with Gasteiger partial charge < -0.3 is 9.47 Å². The smallest absolute Gasteiger partial charge is 0.345 e. The average molecular weight is 254 g/mol. The van der Waals surface area contributed by atoms with Crippen LogP contribution in [-0.4, -0.2) is 11.8 Å². The molecule has 1 aliphatic rings. The Morgan fingerprint density at radius 1 is 0.842 bits per heavy atom. The van der Waals surface area contributed by atoms with Crippen LogP contribution in [0, 0.1) is 0 Å². The summed E-state index contributed by atoms with van der Waals surface area (Å²) in [6, 6.07) is 15.4. The Morgan fingerprint density at radius 3 is 2.26 bits per heavy atom. The van der Waals surface area contributed by atoms with Crippen LogP contribution in [0.3, 0.4) is 0 Å². The van der Waals surface area contributed by atoms with Crippen LogP contribution in [0.5, 0.6) is 5.75 Å². The molecule has 19 heavy (non-hydrogen) atoms. The van der Waals surface area contributed by atoms with E-state index in [1.807, 2.05) is 42.5 Å². The molecule has 0 radical (unpaired) electrons. The molecule has 3 heteroatoms. The summed E-state index contributed by atoms with van der Waals surface area (Å²) in [4.78, 5) is 12.0. The Kier molecular flexibility index (Phi) is 2.56. The Hall–Kier alpha value is -2.29. The van der Waals surface area contributed by atoms with E-state index in [1.165, 1.54) is 0 Å². The molecular weight excluding hydrogens is 240 g/mol. The number of fused-ring (bicyclic) bond motifs is 1. The van der Waals surface area contributed by atoms with Crippen molar-refractivity contribution in [2.75, 3.05) is 0 Å². The van der Waals surface area contributed by atoms with E-state index in [1.54, 1.807) is 19.9 Å². The highest BCUT2D eigenvalue weighted by atomic mass is 16.7. The minimum Gasteiger partial charge on any atom is -0.451 e. The summed E-state index contributed by atoms with van der Waals surface area (Å²) in [5.74, 6) is -0.686. The second-order valence-corrected chi connectivity index (χ2v) is 4.94. The number of ether oxygens (including phenoxy) is 2. The van der Waals surface area contributed by atoms with E-state index < -0.39 is 5.79 Å². The van der Waals surface area contributed by atoms with Crippen LogP contribution in [0.2, 0.25) is 0 Å². The van der Waals surface area contributed by atoms with Gasteiger partial charge in [0.15, 0.2) is 0 Å². The van der Waals surface area contributed by atoms with Crippen molar-refractivity contribution in [3.63, 3.8) is 0 Å². The number of carbonyl (C=O) groups is 1. The fraction of sp³-hybridized carbons (Fsp3) is 0.188. The van der Waals surface area contributed by atoms with Crippen molar-refractivity contribution in [1.82, 2.24) is 0 Å². The third-order valence-electron chi connectivity index (χ3n) is 3.01. The monoisotopic (exact) mass is 254 g/mol. The Labute approximate surface area is 111 Å². The van der Waals surface area contributed by atoms with Gasteiger partial charge in [0, 0.05) is 19.4 Å². The zero-order chi connectivity index (χ0) is 13.5. The predicted molar refractivity (Wildman–Crippen MR) is 72.0 cm³/mol. The Balaban J connectivity index is 2.19. The molecule has 0 saturated heterocycles. The fourth-order valence-electron chi connectivity index (χ4n) is 2.20. The molecule has 0 fully saturated rings. The maximum Gasteiger partial charge on any atom is 0.345 e. The average Bonchev–Trinajstić information content (AvgIpc) is 2.38. The van der Waals surface area contributed by atoms with Gasteiger partial charge in [0.05, 0.1) is 0 Å². The van der Waals surface area contributed by atoms with Crippen molar-refractivity contribution < 1.29 is 14.3 Å². The molecule has 3 rings (SSSR count). The maximum absolute atomic E-state index is 12.0. The van der Waals surface area contributed by atoms with Gasteiger partial charge >= 0.3 is 5.97 Å². The lowest BCUT2D eigenvalue weighted by Crippen LogP contribution is -2.39. The number of para-hydroxylation sites is 1. The van der Waals surface area contributed by atoms with Crippen molar-refractivity contribution in [2.45, 2.75) is 19.6 Å². The number of rotatable bonds is 1. The highest BCUT2D eigenvalue weighted by Gasteiger charge is 2.35. The number of hydrogen-bond donors (Lipinski definition) is 0. The molecule has 0 atom stereocenters. The molecule has 2 aromatic rings. The molecular formula is C16H14O3. The molecule has 96 valence electrons. The van der Waals surface area contributed by atoms with Gasteiger partial charge in [-0.25, -0.2) is 4.79 Å². The minimum absolute atomic E-state index is 0.343. The third kappa shape index (κ3) is 2.08. The Morgan fingerprint density at radius 2 is 1.53 bits per heavy atom. The van der Waals surface area contributed by atoms with Gasteiger partial charge in [-0.2, -0.15) is 0 Å². The number of hydrogen-bond acceptors (Lipinski definition) is 3. The minimum atomic E-state index is -0.936. The molecule has 1 aliphatic heterocycles. The van der Waals surface area contributed by atoms with Crippen molar-refractivity contribution in [1.29, 1.82) is 0 Å². The second kappa shape index (κ2) is 4.12. The lowest BCUT2D eigenvalue weighted by molar-refractivity contribution is -0.127. The number of esters is 1. The molecule has 1 heterocycles. The molecule has 0 unspecified atom stereocenters. The van der Waals surface area contributed by atoms with Crippen molar-refractivity contribution >= 4 is 5.97 Å². The zero-order valence-electron chi connectivity index (χ0n) is 10.8. The number of cyclic esters (lactones) is 1. The molecule has 0 N–H and O–H groups in total. The Bertz CT molecular complexity index is 630. The molecule has 3 nitrogen and oxygen atoms in total. The summed E-state index contributed by atoms with van der Waals surface area (Å²) in [6.07, 6.45) is 0. The summed E-state index contributed by atoms with van der Waals surface area (Å²) >= 11 is 0. The van der Waals surface area contributed by atoms with Crippen LogP contribution < -0.4 is 4.74 Å². The van der Waals surface area contributed by atoms with Crippen molar-refractivity contribution in [2.24, 2.45) is 0 Å². The van der Waals surface area contributed by atoms with Gasteiger partial charge in [-0.3, -0.25) is 0 Å². The lowest BCUT2D eigenvalue weighted by atomic mass is 10.0. The van der Waals surface area contributed by atoms with E-state index in [9.17, 15) is 4.79 Å². The third-order valence-corrected chi connectivity index (χ3v) is 3.01. The first-order valence-electron chi connectivity index (χ1n) is 6.18. The number of benzene rings is 2. The SMILES string of the molecule is CC1(C)OC(=O)c2cccc(-c3ccccc3)c2O1. The standard InChI is InChI=1S/C16H14O3/c1-16(2)18-14-12(11-7-4-3-5-8-11)9-6-10-13(14)15(17)19-16/h3-10H,1-2H3. The highest BCUT2D eigenvalue weighted by molar-refractivity contribution is 5.96. The van der Waals surface area contributed by atoms with E-state index in [0.717, 1.165) is 11.1 Å². The zero-order valence-corrected chi connectivity index (χ0v) is 10.8. The van der Waals surface area contributed by atoms with E-state index in [4.69, 9.17) is 9.47 Å². The lowest BCUT2D eigenvalue weighted by Gasteiger charge is -2.32. The van der Waals surface area contributed by atoms with Gasteiger partial charge in [0.2, 0.25) is 5.79 Å². The van der Waals surface area contributed by atoms with Gasteiger partial charge in [0.1, 0.15) is 11.3 Å². The van der Waals surface area contributed by atoms with Gasteiger partial charge in [-0.15, -0.1) is 0 Å². The summed E-state index contributed by atoms with van der Waals surface area (Å²) in [5, 5.41) is 0. The van der Waals surface area contributed by atoms with Crippen LogP contribution in [0.15, 0.2) is 48.5 Å². The normalized spacial score (nSPS) is 16.2. The first kappa shape index (κ1) is 11.8.